The average Bonchev–Trinajstić information content (AvgIpc) is 3.28. The quantitative estimate of drug-likeness (QED) is 0.508. The molecule has 0 saturated carbocycles. The molecule has 0 bridgehead atoms. The van der Waals surface area contributed by atoms with E-state index in [1.807, 2.05) is 10.4 Å². The summed E-state index contributed by atoms with van der Waals surface area (Å²) >= 11 is 7.75. The number of aromatic nitrogens is 3. The molecule has 1 atom stereocenters. The van der Waals surface area contributed by atoms with Crippen LogP contribution < -0.4 is 15.2 Å². The average molecular weight is 522 g/mol. The van der Waals surface area contributed by atoms with Gasteiger partial charge in [-0.05, 0) is 31.0 Å². The topological polar surface area (TPSA) is 97.6 Å². The lowest BCUT2D eigenvalue weighted by molar-refractivity contribution is 0.182. The Hall–Kier alpha value is -2.47. The molecule has 12 heteroatoms. The zero-order chi connectivity index (χ0) is 23.9. The van der Waals surface area contributed by atoms with Crippen LogP contribution in [-0.2, 0) is 22.9 Å². The fraction of sp³-hybridized carbons (Fsp3) is 0.409. The first-order valence-electron chi connectivity index (χ1n) is 11.0. The summed E-state index contributed by atoms with van der Waals surface area (Å²) in [5, 5.41) is 4.90. The number of aryl methyl sites for hydroxylation is 1. The highest BCUT2D eigenvalue weighted by Gasteiger charge is 2.29. The number of halogens is 1. The van der Waals surface area contributed by atoms with Crippen molar-refractivity contribution in [2.24, 2.45) is 0 Å². The summed E-state index contributed by atoms with van der Waals surface area (Å²) in [6, 6.07) is 6.93. The Morgan fingerprint density at radius 3 is 2.74 bits per heavy atom. The molecule has 0 amide bonds. The van der Waals surface area contributed by atoms with Gasteiger partial charge < -0.3 is 9.64 Å². The van der Waals surface area contributed by atoms with E-state index in [9.17, 15) is 13.2 Å². The Balaban J connectivity index is 1.49. The summed E-state index contributed by atoms with van der Waals surface area (Å²) in [5.41, 5.74) is 3.70. The maximum absolute atomic E-state index is 13.6. The van der Waals surface area contributed by atoms with Crippen LogP contribution in [0.15, 0.2) is 40.8 Å². The molecular weight excluding hydrogens is 498 g/mol. The van der Waals surface area contributed by atoms with Crippen LogP contribution in [0.2, 0.25) is 5.02 Å². The predicted molar refractivity (Wildman–Crippen MR) is 132 cm³/mol. The monoisotopic (exact) mass is 521 g/mol. The van der Waals surface area contributed by atoms with Crippen molar-refractivity contribution in [1.29, 1.82) is 0 Å². The van der Waals surface area contributed by atoms with Crippen LogP contribution in [0, 0.1) is 0 Å². The van der Waals surface area contributed by atoms with Gasteiger partial charge in [-0.2, -0.15) is 14.1 Å². The molecule has 1 unspecified atom stereocenters. The summed E-state index contributed by atoms with van der Waals surface area (Å²) in [5.74, 6) is 0.223. The molecule has 1 saturated heterocycles. The molecular formula is C22H24ClN5O4S2. The van der Waals surface area contributed by atoms with Crippen molar-refractivity contribution in [3.63, 3.8) is 0 Å². The van der Waals surface area contributed by atoms with Gasteiger partial charge in [-0.15, -0.1) is 11.3 Å². The lowest BCUT2D eigenvalue weighted by Crippen LogP contribution is -2.49. The van der Waals surface area contributed by atoms with Crippen LogP contribution in [0.25, 0.3) is 5.69 Å². The van der Waals surface area contributed by atoms with Gasteiger partial charge in [-0.1, -0.05) is 17.7 Å². The van der Waals surface area contributed by atoms with E-state index in [4.69, 9.17) is 16.3 Å². The highest BCUT2D eigenvalue weighted by molar-refractivity contribution is 7.88. The van der Waals surface area contributed by atoms with Gasteiger partial charge in [-0.3, -0.25) is 4.79 Å². The molecule has 2 aliphatic rings. The molecule has 180 valence electrons. The van der Waals surface area contributed by atoms with Crippen molar-refractivity contribution in [3.8, 4) is 11.4 Å². The van der Waals surface area contributed by atoms with Gasteiger partial charge in [0.2, 0.25) is 15.8 Å². The summed E-state index contributed by atoms with van der Waals surface area (Å²) in [7, 11) is -3.27. The fourth-order valence-electron chi connectivity index (χ4n) is 4.36. The van der Waals surface area contributed by atoms with Gasteiger partial charge in [0.25, 0.3) is 0 Å². The molecule has 34 heavy (non-hydrogen) atoms. The number of benzene rings is 1. The Kier molecular flexibility index (Phi) is 6.36. The van der Waals surface area contributed by atoms with Crippen LogP contribution >= 0.6 is 22.9 Å². The van der Waals surface area contributed by atoms with Gasteiger partial charge in [0.15, 0.2) is 0 Å². The highest BCUT2D eigenvalue weighted by atomic mass is 35.5. The molecule has 3 heterocycles. The minimum absolute atomic E-state index is 0.160. The van der Waals surface area contributed by atoms with Crippen molar-refractivity contribution in [1.82, 2.24) is 19.1 Å². The Bertz CT molecular complexity index is 1370. The zero-order valence-electron chi connectivity index (χ0n) is 18.6. The van der Waals surface area contributed by atoms with Crippen molar-refractivity contribution < 1.29 is 13.2 Å². The SMILES string of the molecule is CS(=O)(=O)N1CCN(c2cnn(-c3cccc(Cl)c3)c(=O)c2OC2CCc3ncsc3C2)CC1. The van der Waals surface area contributed by atoms with E-state index in [1.54, 1.807) is 41.8 Å². The number of hydrogen-bond acceptors (Lipinski definition) is 8. The molecule has 1 aliphatic carbocycles. The number of rotatable bonds is 5. The van der Waals surface area contributed by atoms with Crippen molar-refractivity contribution in [3.05, 3.63) is 61.9 Å². The first-order chi connectivity index (χ1) is 16.3. The summed E-state index contributed by atoms with van der Waals surface area (Å²) in [6.07, 6.45) is 4.93. The van der Waals surface area contributed by atoms with E-state index in [-0.39, 0.29) is 17.4 Å². The third kappa shape index (κ3) is 4.70. The molecule has 3 aromatic rings. The number of hydrogen-bond donors (Lipinski definition) is 0. The van der Waals surface area contributed by atoms with Crippen molar-refractivity contribution in [2.45, 2.75) is 25.4 Å². The smallest absolute Gasteiger partial charge is 0.316 e. The van der Waals surface area contributed by atoms with Crippen LogP contribution in [0.3, 0.4) is 0 Å². The van der Waals surface area contributed by atoms with E-state index in [0.29, 0.717) is 49.0 Å². The van der Waals surface area contributed by atoms with E-state index in [2.05, 4.69) is 10.1 Å². The maximum Gasteiger partial charge on any atom is 0.316 e. The molecule has 1 aliphatic heterocycles. The van der Waals surface area contributed by atoms with Crippen LogP contribution in [-0.4, -0.2) is 66.0 Å². The van der Waals surface area contributed by atoms with Gasteiger partial charge in [0.05, 0.1) is 29.3 Å². The Morgan fingerprint density at radius 2 is 2.00 bits per heavy atom. The number of fused-ring (bicyclic) bond motifs is 1. The first kappa shape index (κ1) is 23.3. The third-order valence-electron chi connectivity index (χ3n) is 6.14. The normalized spacial score (nSPS) is 19.1. The lowest BCUT2D eigenvalue weighted by atomic mass is 10.00. The molecule has 0 radical (unpaired) electrons. The number of ether oxygens (including phenoxy) is 1. The molecule has 1 fully saturated rings. The minimum atomic E-state index is -3.27. The largest absolute Gasteiger partial charge is 0.483 e. The van der Waals surface area contributed by atoms with Crippen LogP contribution in [0.5, 0.6) is 5.75 Å². The van der Waals surface area contributed by atoms with Crippen LogP contribution in [0.1, 0.15) is 17.0 Å². The van der Waals surface area contributed by atoms with E-state index in [1.165, 1.54) is 20.1 Å². The second-order valence-electron chi connectivity index (χ2n) is 8.41. The third-order valence-corrected chi connectivity index (χ3v) is 8.58. The number of anilines is 1. The number of thiazole rings is 1. The lowest BCUT2D eigenvalue weighted by Gasteiger charge is -2.35. The molecule has 1 aromatic carbocycles. The van der Waals surface area contributed by atoms with Crippen LogP contribution in [0.4, 0.5) is 5.69 Å². The van der Waals surface area contributed by atoms with Crippen molar-refractivity contribution >= 4 is 38.6 Å². The molecule has 9 nitrogen and oxygen atoms in total. The standard InChI is InChI=1S/C22H24ClN5O4S2/c1-34(30,31)27-9-7-26(8-10-27)19-13-25-28(16-4-2-3-15(23)11-16)22(29)21(19)32-17-5-6-18-20(12-17)33-14-24-18/h2-4,11,13-14,17H,5-10,12H2,1H3. The number of sulfonamides is 1. The second-order valence-corrected chi connectivity index (χ2v) is 11.8. The minimum Gasteiger partial charge on any atom is -0.483 e. The maximum atomic E-state index is 13.6. The highest BCUT2D eigenvalue weighted by Crippen LogP contribution is 2.31. The number of nitrogens with zero attached hydrogens (tertiary/aromatic N) is 5. The van der Waals surface area contributed by atoms with E-state index in [0.717, 1.165) is 18.5 Å². The summed E-state index contributed by atoms with van der Waals surface area (Å²) in [6.45, 7) is 1.55. The molecule has 5 rings (SSSR count). The molecule has 2 aromatic heterocycles. The van der Waals surface area contributed by atoms with Gasteiger partial charge in [0.1, 0.15) is 11.8 Å². The zero-order valence-corrected chi connectivity index (χ0v) is 20.9. The summed E-state index contributed by atoms with van der Waals surface area (Å²) < 4.78 is 33.0. The second kappa shape index (κ2) is 9.29. The van der Waals surface area contributed by atoms with Gasteiger partial charge in [0, 0.05) is 42.5 Å². The fourth-order valence-corrected chi connectivity index (χ4v) is 6.25. The predicted octanol–water partition coefficient (Wildman–Crippen LogP) is 2.36. The Labute approximate surface area is 206 Å². The summed E-state index contributed by atoms with van der Waals surface area (Å²) in [4.78, 5) is 21.2. The number of piperazine rings is 1. The first-order valence-corrected chi connectivity index (χ1v) is 14.1. The van der Waals surface area contributed by atoms with E-state index >= 15 is 0 Å². The van der Waals surface area contributed by atoms with Gasteiger partial charge in [-0.25, -0.2) is 13.4 Å². The molecule has 0 N–H and O–H groups in total. The Morgan fingerprint density at radius 1 is 1.21 bits per heavy atom. The van der Waals surface area contributed by atoms with E-state index < -0.39 is 10.0 Å². The molecule has 0 spiro atoms. The van der Waals surface area contributed by atoms with Gasteiger partial charge >= 0.3 is 5.56 Å². The van der Waals surface area contributed by atoms with Crippen molar-refractivity contribution in [2.75, 3.05) is 37.3 Å².